The molecule has 0 fully saturated rings. The summed E-state index contributed by atoms with van der Waals surface area (Å²) in [6.45, 7) is 1.93. The average Bonchev–Trinajstić information content (AvgIpc) is 2.74. The van der Waals surface area contributed by atoms with Crippen LogP contribution in [-0.4, -0.2) is 0 Å². The molecule has 0 aliphatic rings. The molecule has 0 amide bonds. The summed E-state index contributed by atoms with van der Waals surface area (Å²) in [6, 6.07) is 5.86. The maximum atomic E-state index is 5.98. The van der Waals surface area contributed by atoms with Gasteiger partial charge in [-0.3, -0.25) is 0 Å². The van der Waals surface area contributed by atoms with Crippen molar-refractivity contribution in [3.63, 3.8) is 0 Å². The summed E-state index contributed by atoms with van der Waals surface area (Å²) in [6.07, 6.45) is 0. The van der Waals surface area contributed by atoms with Gasteiger partial charge in [0.05, 0.1) is 8.81 Å². The van der Waals surface area contributed by atoms with E-state index in [0.717, 1.165) is 25.2 Å². The van der Waals surface area contributed by atoms with E-state index in [1.54, 1.807) is 11.3 Å². The smallest absolute Gasteiger partial charge is 0.123 e. The van der Waals surface area contributed by atoms with Crippen molar-refractivity contribution in [2.45, 2.75) is 11.8 Å². The number of rotatable bonds is 2. The number of hydrogen-bond donors (Lipinski definition) is 0. The van der Waals surface area contributed by atoms with Gasteiger partial charge in [0.1, 0.15) is 16.3 Å². The lowest BCUT2D eigenvalue weighted by molar-refractivity contribution is 0.493. The molecule has 80 valence electrons. The SMILES string of the molecule is Cc1ccc(C(Br)c2cc(Cl)c(Br)s2)o1. The molecule has 2 rings (SSSR count). The zero-order chi connectivity index (χ0) is 11.0. The summed E-state index contributed by atoms with van der Waals surface area (Å²) in [5, 5.41) is 0.739. The van der Waals surface area contributed by atoms with Crippen LogP contribution in [0.15, 0.2) is 26.4 Å². The van der Waals surface area contributed by atoms with Gasteiger partial charge in [0.15, 0.2) is 0 Å². The van der Waals surface area contributed by atoms with E-state index in [9.17, 15) is 0 Å². The van der Waals surface area contributed by atoms with E-state index in [0.29, 0.717) is 0 Å². The Morgan fingerprint density at radius 3 is 2.67 bits per heavy atom. The molecule has 0 aromatic carbocycles. The molecule has 0 spiro atoms. The Morgan fingerprint density at radius 1 is 1.47 bits per heavy atom. The summed E-state index contributed by atoms with van der Waals surface area (Å²) in [7, 11) is 0. The van der Waals surface area contributed by atoms with E-state index in [4.69, 9.17) is 16.0 Å². The minimum atomic E-state index is 0.0694. The second-order valence-corrected chi connectivity index (χ2v) is 6.81. The monoisotopic (exact) mass is 368 g/mol. The third-order valence-corrected chi connectivity index (χ3v) is 5.71. The van der Waals surface area contributed by atoms with Crippen LogP contribution < -0.4 is 0 Å². The van der Waals surface area contributed by atoms with Crippen molar-refractivity contribution < 1.29 is 4.42 Å². The molecule has 15 heavy (non-hydrogen) atoms. The lowest BCUT2D eigenvalue weighted by atomic mass is 10.3. The molecule has 5 heteroatoms. The largest absolute Gasteiger partial charge is 0.465 e. The summed E-state index contributed by atoms with van der Waals surface area (Å²) in [5.41, 5.74) is 0. The van der Waals surface area contributed by atoms with Crippen LogP contribution in [0.1, 0.15) is 21.2 Å². The second kappa shape index (κ2) is 4.62. The Balaban J connectivity index is 2.31. The maximum Gasteiger partial charge on any atom is 0.123 e. The molecule has 2 aromatic rings. The lowest BCUT2D eigenvalue weighted by Gasteiger charge is -2.02. The molecule has 0 saturated heterocycles. The van der Waals surface area contributed by atoms with Gasteiger partial charge in [-0.1, -0.05) is 27.5 Å². The number of furan rings is 1. The van der Waals surface area contributed by atoms with Crippen LogP contribution in [-0.2, 0) is 0 Å². The molecular weight excluding hydrogens is 363 g/mol. The number of alkyl halides is 1. The summed E-state index contributed by atoms with van der Waals surface area (Å²) >= 11 is 14.6. The van der Waals surface area contributed by atoms with Crippen molar-refractivity contribution in [2.75, 3.05) is 0 Å². The van der Waals surface area contributed by atoms with Crippen molar-refractivity contribution in [3.05, 3.63) is 43.4 Å². The van der Waals surface area contributed by atoms with E-state index < -0.39 is 0 Å². The third-order valence-electron chi connectivity index (χ3n) is 1.92. The van der Waals surface area contributed by atoms with Crippen molar-refractivity contribution in [1.29, 1.82) is 0 Å². The third kappa shape index (κ3) is 2.49. The van der Waals surface area contributed by atoms with Crippen LogP contribution in [0, 0.1) is 6.92 Å². The highest BCUT2D eigenvalue weighted by Crippen LogP contribution is 2.41. The van der Waals surface area contributed by atoms with E-state index in [2.05, 4.69) is 31.9 Å². The Labute approximate surface area is 114 Å². The van der Waals surface area contributed by atoms with E-state index in [1.165, 1.54) is 0 Å². The van der Waals surface area contributed by atoms with Crippen molar-refractivity contribution in [3.8, 4) is 0 Å². The maximum absolute atomic E-state index is 5.98. The fraction of sp³-hybridized carbons (Fsp3) is 0.200. The van der Waals surface area contributed by atoms with Crippen molar-refractivity contribution >= 4 is 54.8 Å². The molecular formula is C10H7Br2ClOS. The van der Waals surface area contributed by atoms with Gasteiger partial charge in [-0.05, 0) is 41.1 Å². The highest BCUT2D eigenvalue weighted by molar-refractivity contribution is 9.11. The lowest BCUT2D eigenvalue weighted by Crippen LogP contribution is -1.85. The molecule has 1 atom stereocenters. The Bertz CT molecular complexity index is 458. The minimum absolute atomic E-state index is 0.0694. The zero-order valence-corrected chi connectivity index (χ0v) is 12.5. The molecule has 0 radical (unpaired) electrons. The quantitative estimate of drug-likeness (QED) is 0.632. The normalized spacial score (nSPS) is 13.1. The van der Waals surface area contributed by atoms with Crippen LogP contribution in [0.5, 0.6) is 0 Å². The van der Waals surface area contributed by atoms with E-state index in [1.807, 2.05) is 25.1 Å². The van der Waals surface area contributed by atoms with Crippen molar-refractivity contribution in [2.24, 2.45) is 0 Å². The Hall–Kier alpha value is 0.230. The van der Waals surface area contributed by atoms with Crippen LogP contribution in [0.4, 0.5) is 0 Å². The predicted octanol–water partition coefficient (Wildman–Crippen LogP) is 5.55. The molecule has 0 bridgehead atoms. The molecule has 0 N–H and O–H groups in total. The van der Waals surface area contributed by atoms with E-state index in [-0.39, 0.29) is 4.83 Å². The van der Waals surface area contributed by atoms with Crippen LogP contribution in [0.3, 0.4) is 0 Å². The minimum Gasteiger partial charge on any atom is -0.465 e. The molecule has 2 heterocycles. The van der Waals surface area contributed by atoms with Gasteiger partial charge in [0, 0.05) is 4.88 Å². The fourth-order valence-electron chi connectivity index (χ4n) is 1.22. The highest BCUT2D eigenvalue weighted by atomic mass is 79.9. The molecule has 0 aliphatic carbocycles. The summed E-state index contributed by atoms with van der Waals surface area (Å²) < 4.78 is 6.50. The van der Waals surface area contributed by atoms with Gasteiger partial charge in [0.2, 0.25) is 0 Å². The molecule has 0 aliphatic heterocycles. The first-order chi connectivity index (χ1) is 7.08. The Morgan fingerprint density at radius 2 is 2.20 bits per heavy atom. The van der Waals surface area contributed by atoms with Gasteiger partial charge in [-0.25, -0.2) is 0 Å². The second-order valence-electron chi connectivity index (χ2n) is 3.08. The number of aryl methyl sites for hydroxylation is 1. The fourth-order valence-corrected chi connectivity index (χ4v) is 3.61. The molecule has 2 aromatic heterocycles. The zero-order valence-electron chi connectivity index (χ0n) is 7.76. The number of thiophene rings is 1. The van der Waals surface area contributed by atoms with Gasteiger partial charge in [0.25, 0.3) is 0 Å². The standard InChI is InChI=1S/C10H7Br2ClOS/c1-5-2-3-7(14-5)9(11)8-4-6(13)10(12)15-8/h2-4,9H,1H3. The number of halogens is 3. The topological polar surface area (TPSA) is 13.1 Å². The molecule has 1 nitrogen and oxygen atoms in total. The van der Waals surface area contributed by atoms with Crippen LogP contribution in [0.2, 0.25) is 5.02 Å². The summed E-state index contributed by atoms with van der Waals surface area (Å²) in [4.78, 5) is 1.20. The highest BCUT2D eigenvalue weighted by Gasteiger charge is 2.17. The first-order valence-corrected chi connectivity index (χ1v) is 7.13. The van der Waals surface area contributed by atoms with Crippen molar-refractivity contribution in [1.82, 2.24) is 0 Å². The van der Waals surface area contributed by atoms with Gasteiger partial charge in [-0.15, -0.1) is 11.3 Å². The summed E-state index contributed by atoms with van der Waals surface area (Å²) in [5.74, 6) is 1.81. The van der Waals surface area contributed by atoms with Gasteiger partial charge >= 0.3 is 0 Å². The van der Waals surface area contributed by atoms with Crippen LogP contribution >= 0.6 is 54.8 Å². The molecule has 1 unspecified atom stereocenters. The predicted molar refractivity (Wildman–Crippen MR) is 71.2 cm³/mol. The first-order valence-electron chi connectivity index (χ1n) is 4.23. The van der Waals surface area contributed by atoms with Crippen LogP contribution in [0.25, 0.3) is 0 Å². The average molecular weight is 370 g/mol. The van der Waals surface area contributed by atoms with Gasteiger partial charge in [-0.2, -0.15) is 0 Å². The molecule has 0 saturated carbocycles. The van der Waals surface area contributed by atoms with Gasteiger partial charge < -0.3 is 4.42 Å². The van der Waals surface area contributed by atoms with E-state index >= 15 is 0 Å². The first kappa shape index (κ1) is 11.7. The number of hydrogen-bond acceptors (Lipinski definition) is 2. The Kier molecular flexibility index (Phi) is 3.60.